The van der Waals surface area contributed by atoms with Crippen molar-refractivity contribution in [2.75, 3.05) is 56.2 Å². The molecule has 1 aliphatic rings. The van der Waals surface area contributed by atoms with Crippen LogP contribution in [0.15, 0.2) is 65.6 Å². The first-order valence-electron chi connectivity index (χ1n) is 13.3. The first kappa shape index (κ1) is 28.7. The van der Waals surface area contributed by atoms with E-state index in [1.807, 2.05) is 0 Å². The fourth-order valence-electron chi connectivity index (χ4n) is 4.88. The number of aryl methyl sites for hydroxylation is 1. The van der Waals surface area contributed by atoms with Crippen LogP contribution in [0.4, 0.5) is 24.8 Å². The number of anilines is 2. The Morgan fingerprint density at radius 1 is 0.927 bits per heavy atom. The van der Waals surface area contributed by atoms with Crippen molar-refractivity contribution in [2.24, 2.45) is 0 Å². The molecular formula is C30H31F3N6OS. The number of benzene rings is 2. The Hall–Kier alpha value is -3.83. The molecule has 41 heavy (non-hydrogen) atoms. The quantitative estimate of drug-likeness (QED) is 0.238. The molecule has 1 saturated heterocycles. The highest BCUT2D eigenvalue weighted by Crippen LogP contribution is 2.39. The van der Waals surface area contributed by atoms with Gasteiger partial charge in [-0.25, -0.2) is 18.2 Å². The summed E-state index contributed by atoms with van der Waals surface area (Å²) in [6.45, 7) is 6.12. The van der Waals surface area contributed by atoms with Crippen LogP contribution in [-0.2, 0) is 0 Å². The van der Waals surface area contributed by atoms with Gasteiger partial charge in [0.25, 0.3) is 6.43 Å². The molecule has 0 saturated carbocycles. The molecular weight excluding hydrogens is 549 g/mol. The zero-order chi connectivity index (χ0) is 28.9. The van der Waals surface area contributed by atoms with Crippen molar-refractivity contribution in [3.63, 3.8) is 0 Å². The molecule has 1 fully saturated rings. The van der Waals surface area contributed by atoms with Crippen LogP contribution in [0, 0.1) is 12.7 Å². The number of piperazine rings is 1. The molecule has 0 spiro atoms. The minimum Gasteiger partial charge on any atom is -0.476 e. The topological polar surface area (TPSA) is 80.4 Å². The van der Waals surface area contributed by atoms with Crippen molar-refractivity contribution in [3.8, 4) is 28.3 Å². The number of hydrogen-bond acceptors (Lipinski definition) is 8. The molecule has 11 heteroatoms. The lowest BCUT2D eigenvalue weighted by Crippen LogP contribution is -2.47. The van der Waals surface area contributed by atoms with Crippen molar-refractivity contribution >= 4 is 23.4 Å². The molecule has 4 aromatic rings. The van der Waals surface area contributed by atoms with Crippen LogP contribution in [0.25, 0.3) is 22.4 Å². The number of thioether (sulfide) groups is 1. The molecule has 3 heterocycles. The summed E-state index contributed by atoms with van der Waals surface area (Å²) in [6.07, 6.45) is -0.694. The smallest absolute Gasteiger partial charge is 0.280 e. The Morgan fingerprint density at radius 3 is 2.29 bits per heavy atom. The molecule has 2 N–H and O–H groups in total. The van der Waals surface area contributed by atoms with Crippen LogP contribution in [-0.4, -0.2) is 65.4 Å². The van der Waals surface area contributed by atoms with Gasteiger partial charge >= 0.3 is 0 Å². The number of hydrogen-bond donors (Lipinski definition) is 1. The summed E-state index contributed by atoms with van der Waals surface area (Å²) < 4.78 is 47.2. The standard InChI is InChI=1S/C30H31F3N6OS/c1-19-17-21(18-25(35-19)28(32)33)26-27(20-3-5-22(31)6-4-20)36-30(34)37-29(26)40-16-15-38-11-13-39(14-12-38)23-7-9-24(41-2)10-8-23/h3-10,17-18,28H,11-16H2,1-2H3,(H2,34,36,37). The Balaban J connectivity index is 1.36. The van der Waals surface area contributed by atoms with Crippen LogP contribution in [0.1, 0.15) is 17.8 Å². The van der Waals surface area contributed by atoms with Crippen molar-refractivity contribution in [2.45, 2.75) is 18.2 Å². The van der Waals surface area contributed by atoms with Gasteiger partial charge in [0, 0.05) is 54.6 Å². The maximum atomic E-state index is 13.7. The lowest BCUT2D eigenvalue weighted by Gasteiger charge is -2.36. The average molecular weight is 581 g/mol. The number of nitrogens with two attached hydrogens (primary N) is 1. The lowest BCUT2D eigenvalue weighted by atomic mass is 9.99. The number of pyridine rings is 1. The van der Waals surface area contributed by atoms with E-state index in [4.69, 9.17) is 10.5 Å². The molecule has 0 radical (unpaired) electrons. The van der Waals surface area contributed by atoms with Crippen molar-refractivity contribution in [1.82, 2.24) is 19.9 Å². The van der Waals surface area contributed by atoms with Crippen LogP contribution in [0.2, 0.25) is 0 Å². The van der Waals surface area contributed by atoms with Crippen LogP contribution in [0.5, 0.6) is 5.88 Å². The molecule has 2 aromatic heterocycles. The normalized spacial score (nSPS) is 14.0. The Labute approximate surface area is 241 Å². The summed E-state index contributed by atoms with van der Waals surface area (Å²) in [5, 5.41) is 0. The van der Waals surface area contributed by atoms with Crippen molar-refractivity contribution in [3.05, 3.63) is 77.9 Å². The first-order valence-corrected chi connectivity index (χ1v) is 14.5. The summed E-state index contributed by atoms with van der Waals surface area (Å²) in [5.41, 5.74) is 9.04. The SMILES string of the molecule is CSc1ccc(N2CCN(CCOc3nc(N)nc(-c4ccc(F)cc4)c3-c3cc(C)nc(C(F)F)c3)CC2)cc1. The fraction of sp³-hybridized carbons (Fsp3) is 0.300. The van der Waals surface area contributed by atoms with Gasteiger partial charge in [0.2, 0.25) is 11.8 Å². The summed E-state index contributed by atoms with van der Waals surface area (Å²) in [4.78, 5) is 18.6. The van der Waals surface area contributed by atoms with Gasteiger partial charge in [-0.3, -0.25) is 9.88 Å². The molecule has 0 unspecified atom stereocenters. The highest BCUT2D eigenvalue weighted by molar-refractivity contribution is 7.98. The van der Waals surface area contributed by atoms with Crippen LogP contribution < -0.4 is 15.4 Å². The summed E-state index contributed by atoms with van der Waals surface area (Å²) in [7, 11) is 0. The number of nitrogen functional groups attached to an aromatic ring is 1. The third-order valence-corrected chi connectivity index (χ3v) is 7.70. The van der Waals surface area contributed by atoms with E-state index >= 15 is 0 Å². The number of rotatable bonds is 9. The van der Waals surface area contributed by atoms with E-state index in [1.54, 1.807) is 36.9 Å². The van der Waals surface area contributed by atoms with Gasteiger partial charge in [-0.1, -0.05) is 0 Å². The third kappa shape index (κ3) is 6.91. The van der Waals surface area contributed by atoms with Crippen LogP contribution >= 0.6 is 11.8 Å². The zero-order valence-corrected chi connectivity index (χ0v) is 23.7. The Morgan fingerprint density at radius 2 is 1.63 bits per heavy atom. The second-order valence-corrected chi connectivity index (χ2v) is 10.6. The van der Waals surface area contributed by atoms with E-state index in [1.165, 1.54) is 28.8 Å². The molecule has 0 atom stereocenters. The number of aromatic nitrogens is 3. The summed E-state index contributed by atoms with van der Waals surface area (Å²) in [6, 6.07) is 17.3. The second kappa shape index (κ2) is 12.8. The van der Waals surface area contributed by atoms with E-state index in [0.717, 1.165) is 26.2 Å². The lowest BCUT2D eigenvalue weighted by molar-refractivity contribution is 0.146. The molecule has 2 aromatic carbocycles. The number of nitrogens with zero attached hydrogens (tertiary/aromatic N) is 5. The highest BCUT2D eigenvalue weighted by atomic mass is 32.2. The van der Waals surface area contributed by atoms with Gasteiger partial charge in [-0.2, -0.15) is 4.98 Å². The van der Waals surface area contributed by atoms with Gasteiger partial charge in [-0.05, 0) is 79.4 Å². The van der Waals surface area contributed by atoms with E-state index in [-0.39, 0.29) is 17.5 Å². The van der Waals surface area contributed by atoms with Crippen molar-refractivity contribution < 1.29 is 17.9 Å². The fourth-order valence-corrected chi connectivity index (χ4v) is 5.29. The zero-order valence-electron chi connectivity index (χ0n) is 22.9. The third-order valence-electron chi connectivity index (χ3n) is 6.95. The van der Waals surface area contributed by atoms with Crippen LogP contribution in [0.3, 0.4) is 0 Å². The molecule has 0 bridgehead atoms. The minimum absolute atomic E-state index is 0.0379. The summed E-state index contributed by atoms with van der Waals surface area (Å²) in [5.74, 6) is -0.273. The molecule has 0 amide bonds. The molecule has 0 aliphatic carbocycles. The van der Waals surface area contributed by atoms with Gasteiger partial charge in [0.05, 0.1) is 11.3 Å². The molecule has 1 aliphatic heterocycles. The first-order chi connectivity index (χ1) is 19.8. The van der Waals surface area contributed by atoms with E-state index in [2.05, 4.69) is 55.3 Å². The van der Waals surface area contributed by atoms with E-state index in [9.17, 15) is 13.2 Å². The molecule has 7 nitrogen and oxygen atoms in total. The monoisotopic (exact) mass is 580 g/mol. The second-order valence-electron chi connectivity index (χ2n) is 9.72. The molecule has 214 valence electrons. The molecule has 5 rings (SSSR count). The number of ether oxygens (including phenoxy) is 1. The van der Waals surface area contributed by atoms with Crippen molar-refractivity contribution in [1.29, 1.82) is 0 Å². The maximum absolute atomic E-state index is 13.7. The van der Waals surface area contributed by atoms with Gasteiger partial charge in [0.15, 0.2) is 0 Å². The Bertz CT molecular complexity index is 1480. The predicted molar refractivity (Wildman–Crippen MR) is 157 cm³/mol. The summed E-state index contributed by atoms with van der Waals surface area (Å²) >= 11 is 1.73. The number of halogens is 3. The highest BCUT2D eigenvalue weighted by Gasteiger charge is 2.22. The van der Waals surface area contributed by atoms with Gasteiger partial charge in [-0.15, -0.1) is 11.8 Å². The average Bonchev–Trinajstić information content (AvgIpc) is 2.97. The van der Waals surface area contributed by atoms with Gasteiger partial charge in [0.1, 0.15) is 18.1 Å². The van der Waals surface area contributed by atoms with Gasteiger partial charge < -0.3 is 15.4 Å². The largest absolute Gasteiger partial charge is 0.476 e. The van der Waals surface area contributed by atoms with E-state index in [0.29, 0.717) is 41.2 Å². The Kier molecular flexibility index (Phi) is 8.94. The number of alkyl halides is 2. The minimum atomic E-state index is -2.76. The maximum Gasteiger partial charge on any atom is 0.280 e. The van der Waals surface area contributed by atoms with E-state index < -0.39 is 12.2 Å². The predicted octanol–water partition coefficient (Wildman–Crippen LogP) is 6.10.